The summed E-state index contributed by atoms with van der Waals surface area (Å²) in [4.78, 5) is 29.9. The third-order valence-corrected chi connectivity index (χ3v) is 6.48. The van der Waals surface area contributed by atoms with Gasteiger partial charge in [0, 0.05) is 17.4 Å². The molecule has 8 nitrogen and oxygen atoms in total. The number of aromatic nitrogens is 1. The van der Waals surface area contributed by atoms with Gasteiger partial charge in [-0.15, -0.1) is 0 Å². The van der Waals surface area contributed by atoms with Gasteiger partial charge in [0.15, 0.2) is 0 Å². The Kier molecular flexibility index (Phi) is 8.31. The molecule has 1 aliphatic carbocycles. The van der Waals surface area contributed by atoms with Crippen LogP contribution < -0.4 is 15.0 Å². The largest absolute Gasteiger partial charge is 0.477 e. The van der Waals surface area contributed by atoms with Crippen molar-refractivity contribution in [2.75, 3.05) is 10.2 Å². The van der Waals surface area contributed by atoms with Gasteiger partial charge >= 0.3 is 24.5 Å². The molecule has 1 heterocycles. The quantitative estimate of drug-likeness (QED) is 0.389. The molecule has 1 saturated carbocycles. The molecule has 0 atom stereocenters. The Morgan fingerprint density at radius 1 is 1.16 bits per heavy atom. The van der Waals surface area contributed by atoms with Crippen molar-refractivity contribution < 1.29 is 42.1 Å². The van der Waals surface area contributed by atoms with E-state index in [0.29, 0.717) is 11.4 Å². The highest BCUT2D eigenvalue weighted by Crippen LogP contribution is 2.43. The molecule has 37 heavy (non-hydrogen) atoms. The lowest BCUT2D eigenvalue weighted by atomic mass is 9.77. The molecule has 1 aromatic carbocycles. The van der Waals surface area contributed by atoms with Crippen LogP contribution in [-0.2, 0) is 4.79 Å². The molecule has 12 heteroatoms. The number of urea groups is 1. The van der Waals surface area contributed by atoms with Gasteiger partial charge in [-0.3, -0.25) is 4.90 Å². The van der Waals surface area contributed by atoms with Crippen molar-refractivity contribution in [2.24, 2.45) is 0 Å². The summed E-state index contributed by atoms with van der Waals surface area (Å²) >= 11 is 0. The Balaban J connectivity index is 1.98. The molecule has 2 aromatic rings. The molecule has 1 fully saturated rings. The monoisotopic (exact) mass is 527 g/mol. The molecule has 202 valence electrons. The van der Waals surface area contributed by atoms with Gasteiger partial charge in [0.25, 0.3) is 0 Å². The van der Waals surface area contributed by atoms with Gasteiger partial charge < -0.3 is 20.3 Å². The highest BCUT2D eigenvalue weighted by Gasteiger charge is 2.60. The number of aliphatic hydroxyl groups is 1. The van der Waals surface area contributed by atoms with Crippen LogP contribution in [0, 0.1) is 6.92 Å². The number of ether oxygens (including phenoxy) is 1. The maximum Gasteiger partial charge on any atom is 0.388 e. The fourth-order valence-electron chi connectivity index (χ4n) is 4.50. The minimum atomic E-state index is -4.37. The van der Waals surface area contributed by atoms with E-state index in [0.717, 1.165) is 5.56 Å². The molecule has 0 saturated heterocycles. The summed E-state index contributed by atoms with van der Waals surface area (Å²) in [6.45, 7) is 2.18. The van der Waals surface area contributed by atoms with Crippen molar-refractivity contribution in [3.63, 3.8) is 0 Å². The highest BCUT2D eigenvalue weighted by atomic mass is 19.3. The summed E-state index contributed by atoms with van der Waals surface area (Å²) in [6, 6.07) is 8.34. The lowest BCUT2D eigenvalue weighted by molar-refractivity contribution is -0.216. The number of carbonyl (C=O) groups is 2. The first-order valence-corrected chi connectivity index (χ1v) is 11.7. The standard InChI is InChI=1S/C25H29F4N3O5/c1-14(2)17-6-4-5-7-19(17)32(16-10-12-24(36,13-11-16)25(28,29)21(33)34)23(35)31-18-9-8-15(3)30-20(18)37-22(26)27/h4-9,14,16,22,36H,10-13H2,1-3H3,(H,31,35)(H,33,34). The van der Waals surface area contributed by atoms with Crippen LogP contribution in [0.1, 0.15) is 56.7 Å². The van der Waals surface area contributed by atoms with Crippen LogP contribution in [0.4, 0.5) is 33.7 Å². The molecule has 0 radical (unpaired) electrons. The van der Waals surface area contributed by atoms with E-state index in [1.165, 1.54) is 17.0 Å². The average molecular weight is 528 g/mol. The number of para-hydroxylation sites is 1. The number of carboxylic acid groups (broad SMARTS) is 1. The van der Waals surface area contributed by atoms with Crippen LogP contribution in [-0.4, -0.2) is 51.4 Å². The highest BCUT2D eigenvalue weighted by molar-refractivity contribution is 6.03. The number of benzene rings is 1. The van der Waals surface area contributed by atoms with Gasteiger partial charge in [-0.05, 0) is 62.3 Å². The second kappa shape index (κ2) is 10.9. The molecular formula is C25H29F4N3O5. The molecule has 0 bridgehead atoms. The van der Waals surface area contributed by atoms with E-state index in [1.54, 1.807) is 31.2 Å². The van der Waals surface area contributed by atoms with E-state index >= 15 is 0 Å². The number of aliphatic carboxylic acids is 1. The zero-order valence-corrected chi connectivity index (χ0v) is 20.6. The number of aryl methyl sites for hydroxylation is 1. The van der Waals surface area contributed by atoms with Crippen molar-refractivity contribution >= 4 is 23.4 Å². The summed E-state index contributed by atoms with van der Waals surface area (Å²) in [7, 11) is 0. The van der Waals surface area contributed by atoms with Crippen molar-refractivity contribution in [3.05, 3.63) is 47.7 Å². The number of alkyl halides is 4. The maximum absolute atomic E-state index is 14.2. The van der Waals surface area contributed by atoms with Gasteiger partial charge in [-0.1, -0.05) is 32.0 Å². The summed E-state index contributed by atoms with van der Waals surface area (Å²) in [5, 5.41) is 21.9. The van der Waals surface area contributed by atoms with Crippen LogP contribution in [0.5, 0.6) is 5.88 Å². The molecule has 0 spiro atoms. The number of rotatable bonds is 8. The minimum Gasteiger partial charge on any atom is -0.477 e. The van der Waals surface area contributed by atoms with Crippen molar-refractivity contribution in [1.82, 2.24) is 4.98 Å². The van der Waals surface area contributed by atoms with Gasteiger partial charge in [-0.25, -0.2) is 14.6 Å². The number of carboxylic acids is 1. The molecule has 1 aromatic heterocycles. The maximum atomic E-state index is 14.2. The third kappa shape index (κ3) is 5.95. The van der Waals surface area contributed by atoms with Crippen molar-refractivity contribution in [3.8, 4) is 5.88 Å². The van der Waals surface area contributed by atoms with E-state index in [-0.39, 0.29) is 24.4 Å². The summed E-state index contributed by atoms with van der Waals surface area (Å²) in [6.07, 6.45) is -1.41. The Morgan fingerprint density at radius 2 is 1.78 bits per heavy atom. The predicted octanol–water partition coefficient (Wildman–Crippen LogP) is 5.55. The Bertz CT molecular complexity index is 1140. The van der Waals surface area contributed by atoms with Crippen LogP contribution in [0.2, 0.25) is 0 Å². The predicted molar refractivity (Wildman–Crippen MR) is 127 cm³/mol. The average Bonchev–Trinajstić information content (AvgIpc) is 2.82. The first kappa shape index (κ1) is 28.2. The topological polar surface area (TPSA) is 112 Å². The molecule has 3 N–H and O–H groups in total. The zero-order valence-electron chi connectivity index (χ0n) is 20.6. The molecular weight excluding hydrogens is 498 g/mol. The first-order valence-electron chi connectivity index (χ1n) is 11.7. The second-order valence-electron chi connectivity index (χ2n) is 9.34. The normalized spacial score (nSPS) is 20.1. The lowest BCUT2D eigenvalue weighted by Crippen LogP contribution is -2.57. The first-order chi connectivity index (χ1) is 17.3. The number of pyridine rings is 1. The van der Waals surface area contributed by atoms with E-state index in [2.05, 4.69) is 15.0 Å². The fourth-order valence-corrected chi connectivity index (χ4v) is 4.50. The number of carbonyl (C=O) groups excluding carboxylic acids is 1. The minimum absolute atomic E-state index is 0.0397. The lowest BCUT2D eigenvalue weighted by Gasteiger charge is -2.43. The van der Waals surface area contributed by atoms with Crippen LogP contribution >= 0.6 is 0 Å². The van der Waals surface area contributed by atoms with Gasteiger partial charge in [-0.2, -0.15) is 17.6 Å². The van der Waals surface area contributed by atoms with Crippen LogP contribution in [0.15, 0.2) is 36.4 Å². The molecule has 1 aliphatic rings. The van der Waals surface area contributed by atoms with E-state index in [4.69, 9.17) is 5.11 Å². The number of halogens is 4. The van der Waals surface area contributed by atoms with Crippen LogP contribution in [0.3, 0.4) is 0 Å². The van der Waals surface area contributed by atoms with E-state index in [1.807, 2.05) is 13.8 Å². The zero-order chi connectivity index (χ0) is 27.5. The Morgan fingerprint density at radius 3 is 2.35 bits per heavy atom. The molecule has 0 aliphatic heterocycles. The van der Waals surface area contributed by atoms with Crippen molar-refractivity contribution in [1.29, 1.82) is 0 Å². The summed E-state index contributed by atoms with van der Waals surface area (Å²) in [5.74, 6) is -7.32. The number of hydrogen-bond acceptors (Lipinski definition) is 5. The third-order valence-electron chi connectivity index (χ3n) is 6.48. The van der Waals surface area contributed by atoms with E-state index in [9.17, 15) is 32.3 Å². The van der Waals surface area contributed by atoms with Gasteiger partial charge in [0.05, 0.1) is 0 Å². The van der Waals surface area contributed by atoms with Gasteiger partial charge in [0.2, 0.25) is 5.88 Å². The van der Waals surface area contributed by atoms with E-state index < -0.39 is 54.9 Å². The number of amides is 2. The fraction of sp³-hybridized carbons (Fsp3) is 0.480. The van der Waals surface area contributed by atoms with Crippen LogP contribution in [0.25, 0.3) is 0 Å². The molecule has 3 rings (SSSR count). The molecule has 0 unspecified atom stereocenters. The SMILES string of the molecule is Cc1ccc(NC(=O)N(c2ccccc2C(C)C)C2CCC(O)(C(F)(F)C(=O)O)CC2)c(OC(F)F)n1. The number of nitrogens with one attached hydrogen (secondary N) is 1. The summed E-state index contributed by atoms with van der Waals surface area (Å²) < 4.78 is 58.8. The molecule has 2 amide bonds. The Hall–Kier alpha value is -3.41. The smallest absolute Gasteiger partial charge is 0.388 e. The summed E-state index contributed by atoms with van der Waals surface area (Å²) in [5.41, 5.74) is -1.28. The number of nitrogens with zero attached hydrogens (tertiary/aromatic N) is 2. The number of hydrogen-bond donors (Lipinski definition) is 3. The van der Waals surface area contributed by atoms with Gasteiger partial charge in [0.1, 0.15) is 11.3 Å². The number of anilines is 2. The second-order valence-corrected chi connectivity index (χ2v) is 9.34. The Labute approximate surface area is 211 Å². The van der Waals surface area contributed by atoms with Crippen molar-refractivity contribution in [2.45, 2.75) is 76.5 Å².